The zero-order valence-electron chi connectivity index (χ0n) is 12.7. The maximum Gasteiger partial charge on any atom is 0.160 e. The normalized spacial score (nSPS) is 10.4. The topological polar surface area (TPSA) is 67.3 Å². The summed E-state index contributed by atoms with van der Waals surface area (Å²) >= 11 is 0. The number of phenolic OH excluding ortho intramolecular Hbond substituents is 1. The van der Waals surface area contributed by atoms with Gasteiger partial charge in [-0.1, -0.05) is 13.0 Å². The molecule has 2 rings (SSSR count). The van der Waals surface area contributed by atoms with E-state index in [9.17, 15) is 5.11 Å². The second-order valence-corrected chi connectivity index (χ2v) is 4.83. The van der Waals surface area contributed by atoms with Crippen molar-refractivity contribution in [3.05, 3.63) is 41.3 Å². The second-order valence-electron chi connectivity index (χ2n) is 4.83. The van der Waals surface area contributed by atoms with Gasteiger partial charge in [0.1, 0.15) is 11.6 Å². The summed E-state index contributed by atoms with van der Waals surface area (Å²) in [6, 6.07) is 7.37. The van der Waals surface area contributed by atoms with Gasteiger partial charge in [-0.25, -0.2) is 9.97 Å². The van der Waals surface area contributed by atoms with E-state index in [2.05, 4.69) is 22.2 Å². The van der Waals surface area contributed by atoms with E-state index in [-0.39, 0.29) is 5.75 Å². The van der Waals surface area contributed by atoms with Crippen LogP contribution >= 0.6 is 0 Å². The Balaban J connectivity index is 1.96. The number of methoxy groups -OCH3 is 1. The molecule has 0 saturated carbocycles. The summed E-state index contributed by atoms with van der Waals surface area (Å²) in [5, 5.41) is 12.9. The molecule has 0 aliphatic carbocycles. The Morgan fingerprint density at radius 3 is 2.76 bits per heavy atom. The standard InChI is InChI=1S/C16H21N3O2/c1-4-13-10-16(19-11(2)18-13)17-8-7-12-5-6-14(20)15(9-12)21-3/h5-6,9-10,20H,4,7-8H2,1-3H3,(H,17,18,19). The highest BCUT2D eigenvalue weighted by Crippen LogP contribution is 2.26. The molecular formula is C16H21N3O2. The SMILES string of the molecule is CCc1cc(NCCc2ccc(O)c(OC)c2)nc(C)n1. The van der Waals surface area contributed by atoms with Crippen molar-refractivity contribution in [2.24, 2.45) is 0 Å². The van der Waals surface area contributed by atoms with E-state index in [0.717, 1.165) is 42.3 Å². The maximum absolute atomic E-state index is 9.57. The molecule has 0 saturated heterocycles. The Morgan fingerprint density at radius 2 is 2.05 bits per heavy atom. The number of aromatic nitrogens is 2. The van der Waals surface area contributed by atoms with Gasteiger partial charge in [0, 0.05) is 18.3 Å². The minimum absolute atomic E-state index is 0.160. The van der Waals surface area contributed by atoms with Crippen molar-refractivity contribution in [2.45, 2.75) is 26.7 Å². The molecule has 0 aliphatic heterocycles. The van der Waals surface area contributed by atoms with Crippen LogP contribution in [0, 0.1) is 6.92 Å². The van der Waals surface area contributed by atoms with Crippen molar-refractivity contribution in [3.8, 4) is 11.5 Å². The zero-order chi connectivity index (χ0) is 15.2. The molecule has 0 fully saturated rings. The van der Waals surface area contributed by atoms with Gasteiger partial charge in [-0.2, -0.15) is 0 Å². The van der Waals surface area contributed by atoms with Crippen LogP contribution in [-0.4, -0.2) is 28.7 Å². The number of anilines is 1. The Morgan fingerprint density at radius 1 is 1.24 bits per heavy atom. The van der Waals surface area contributed by atoms with Crippen LogP contribution in [0.4, 0.5) is 5.82 Å². The largest absolute Gasteiger partial charge is 0.504 e. The molecule has 0 radical (unpaired) electrons. The first-order valence-corrected chi connectivity index (χ1v) is 7.06. The van der Waals surface area contributed by atoms with Crippen LogP contribution in [0.5, 0.6) is 11.5 Å². The summed E-state index contributed by atoms with van der Waals surface area (Å²) in [6.07, 6.45) is 1.72. The van der Waals surface area contributed by atoms with Gasteiger partial charge < -0.3 is 15.2 Å². The van der Waals surface area contributed by atoms with E-state index in [1.165, 1.54) is 0 Å². The van der Waals surface area contributed by atoms with E-state index in [1.54, 1.807) is 13.2 Å². The molecule has 0 amide bonds. The number of ether oxygens (including phenoxy) is 1. The number of rotatable bonds is 6. The molecule has 2 aromatic rings. The van der Waals surface area contributed by atoms with Gasteiger partial charge in [-0.3, -0.25) is 0 Å². The van der Waals surface area contributed by atoms with Gasteiger partial charge in [0.15, 0.2) is 11.5 Å². The van der Waals surface area contributed by atoms with E-state index < -0.39 is 0 Å². The molecule has 112 valence electrons. The van der Waals surface area contributed by atoms with Crippen LogP contribution in [0.25, 0.3) is 0 Å². The van der Waals surface area contributed by atoms with Gasteiger partial charge in [0.05, 0.1) is 7.11 Å². The molecule has 0 atom stereocenters. The Labute approximate surface area is 125 Å². The first-order valence-electron chi connectivity index (χ1n) is 7.06. The molecule has 1 heterocycles. The fourth-order valence-electron chi connectivity index (χ4n) is 2.11. The predicted octanol–water partition coefficient (Wildman–Crippen LogP) is 2.72. The van der Waals surface area contributed by atoms with Crippen LogP contribution in [0.2, 0.25) is 0 Å². The third-order valence-electron chi connectivity index (χ3n) is 3.22. The number of hydrogen-bond acceptors (Lipinski definition) is 5. The number of nitrogens with one attached hydrogen (secondary N) is 1. The smallest absolute Gasteiger partial charge is 0.160 e. The highest BCUT2D eigenvalue weighted by molar-refractivity contribution is 5.42. The number of phenols is 1. The Bertz CT molecular complexity index is 614. The van der Waals surface area contributed by atoms with Crippen LogP contribution in [0.1, 0.15) is 24.0 Å². The average molecular weight is 287 g/mol. The lowest BCUT2D eigenvalue weighted by molar-refractivity contribution is 0.373. The number of nitrogens with zero attached hydrogens (tertiary/aromatic N) is 2. The molecular weight excluding hydrogens is 266 g/mol. The molecule has 2 N–H and O–H groups in total. The second kappa shape index (κ2) is 6.92. The molecule has 0 aliphatic rings. The Hall–Kier alpha value is -2.30. The van der Waals surface area contributed by atoms with Crippen LogP contribution in [-0.2, 0) is 12.8 Å². The first-order chi connectivity index (χ1) is 10.1. The lowest BCUT2D eigenvalue weighted by atomic mass is 10.1. The van der Waals surface area contributed by atoms with Crippen molar-refractivity contribution < 1.29 is 9.84 Å². The van der Waals surface area contributed by atoms with Crippen LogP contribution < -0.4 is 10.1 Å². The average Bonchev–Trinajstić information content (AvgIpc) is 2.48. The highest BCUT2D eigenvalue weighted by atomic mass is 16.5. The summed E-state index contributed by atoms with van der Waals surface area (Å²) in [7, 11) is 1.55. The fourth-order valence-corrected chi connectivity index (χ4v) is 2.11. The predicted molar refractivity (Wildman–Crippen MR) is 83.0 cm³/mol. The van der Waals surface area contributed by atoms with Gasteiger partial charge in [0.25, 0.3) is 0 Å². The third kappa shape index (κ3) is 4.08. The highest BCUT2D eigenvalue weighted by Gasteiger charge is 2.04. The molecule has 1 aromatic heterocycles. The van der Waals surface area contributed by atoms with Crippen molar-refractivity contribution >= 4 is 5.82 Å². The molecule has 0 unspecified atom stereocenters. The lowest BCUT2D eigenvalue weighted by Gasteiger charge is -2.09. The minimum atomic E-state index is 0.160. The molecule has 0 spiro atoms. The summed E-state index contributed by atoms with van der Waals surface area (Å²) in [4.78, 5) is 8.73. The minimum Gasteiger partial charge on any atom is -0.504 e. The third-order valence-corrected chi connectivity index (χ3v) is 3.22. The summed E-state index contributed by atoms with van der Waals surface area (Å²) in [5.41, 5.74) is 2.13. The van der Waals surface area contributed by atoms with Crippen molar-refractivity contribution in [1.29, 1.82) is 0 Å². The summed E-state index contributed by atoms with van der Waals surface area (Å²) in [6.45, 7) is 4.73. The number of benzene rings is 1. The quantitative estimate of drug-likeness (QED) is 0.855. The fraction of sp³-hybridized carbons (Fsp3) is 0.375. The van der Waals surface area contributed by atoms with Gasteiger partial charge in [-0.05, 0) is 37.5 Å². The molecule has 5 heteroatoms. The number of hydrogen-bond donors (Lipinski definition) is 2. The molecule has 1 aromatic carbocycles. The molecule has 21 heavy (non-hydrogen) atoms. The van der Waals surface area contributed by atoms with Crippen LogP contribution in [0.3, 0.4) is 0 Å². The number of aromatic hydroxyl groups is 1. The van der Waals surface area contributed by atoms with E-state index >= 15 is 0 Å². The zero-order valence-corrected chi connectivity index (χ0v) is 12.7. The van der Waals surface area contributed by atoms with E-state index in [0.29, 0.717) is 5.75 Å². The van der Waals surface area contributed by atoms with Gasteiger partial charge in [-0.15, -0.1) is 0 Å². The maximum atomic E-state index is 9.57. The summed E-state index contributed by atoms with van der Waals surface area (Å²) in [5.74, 6) is 2.29. The van der Waals surface area contributed by atoms with Gasteiger partial charge >= 0.3 is 0 Å². The van der Waals surface area contributed by atoms with Crippen molar-refractivity contribution in [1.82, 2.24) is 9.97 Å². The van der Waals surface area contributed by atoms with Crippen molar-refractivity contribution in [2.75, 3.05) is 19.0 Å². The first kappa shape index (κ1) is 15.1. The Kier molecular flexibility index (Phi) is 4.98. The number of aryl methyl sites for hydroxylation is 2. The lowest BCUT2D eigenvalue weighted by Crippen LogP contribution is -2.08. The molecule has 5 nitrogen and oxygen atoms in total. The van der Waals surface area contributed by atoms with E-state index in [4.69, 9.17) is 4.74 Å². The summed E-state index contributed by atoms with van der Waals surface area (Å²) < 4.78 is 5.11. The van der Waals surface area contributed by atoms with Gasteiger partial charge in [0.2, 0.25) is 0 Å². The monoisotopic (exact) mass is 287 g/mol. The van der Waals surface area contributed by atoms with Crippen LogP contribution in [0.15, 0.2) is 24.3 Å². The van der Waals surface area contributed by atoms with Crippen molar-refractivity contribution in [3.63, 3.8) is 0 Å². The molecule has 0 bridgehead atoms. The van der Waals surface area contributed by atoms with E-state index in [1.807, 2.05) is 25.1 Å².